The second-order valence-electron chi connectivity index (χ2n) is 7.14. The number of aryl methyl sites for hydroxylation is 2. The third kappa shape index (κ3) is 6.10. The fourth-order valence-corrected chi connectivity index (χ4v) is 3.99. The average molecular weight is 484 g/mol. The van der Waals surface area contributed by atoms with Gasteiger partial charge in [-0.3, -0.25) is 25.2 Å². The molecular weight excluding hydrogens is 458 g/mol. The predicted molar refractivity (Wildman–Crippen MR) is 128 cm³/mol. The van der Waals surface area contributed by atoms with Gasteiger partial charge in [0, 0.05) is 16.6 Å². The van der Waals surface area contributed by atoms with Crippen molar-refractivity contribution >= 4 is 35.2 Å². The van der Waals surface area contributed by atoms with Crippen molar-refractivity contribution in [2.75, 3.05) is 25.3 Å². The molecule has 3 aromatic rings. The van der Waals surface area contributed by atoms with Gasteiger partial charge in [-0.1, -0.05) is 12.1 Å². The number of hydrogen-bond acceptors (Lipinski definition) is 7. The van der Waals surface area contributed by atoms with Crippen LogP contribution < -0.4 is 25.6 Å². The third-order valence-corrected chi connectivity index (χ3v) is 5.81. The summed E-state index contributed by atoms with van der Waals surface area (Å²) in [6.45, 7) is 3.40. The first-order chi connectivity index (χ1) is 16.3. The summed E-state index contributed by atoms with van der Waals surface area (Å²) in [7, 11) is 3.05. The van der Waals surface area contributed by atoms with E-state index in [0.29, 0.717) is 44.7 Å². The van der Waals surface area contributed by atoms with E-state index in [2.05, 4.69) is 16.2 Å². The highest BCUT2D eigenvalue weighted by molar-refractivity contribution is 8.00. The van der Waals surface area contributed by atoms with Crippen molar-refractivity contribution < 1.29 is 28.3 Å². The normalized spacial score (nSPS) is 10.4. The number of hydrazine groups is 1. The van der Waals surface area contributed by atoms with E-state index in [9.17, 15) is 14.4 Å². The van der Waals surface area contributed by atoms with E-state index in [4.69, 9.17) is 13.9 Å². The molecule has 0 atom stereocenters. The highest BCUT2D eigenvalue weighted by Crippen LogP contribution is 2.30. The lowest BCUT2D eigenvalue weighted by atomic mass is 10.2. The molecule has 9 nitrogen and oxygen atoms in total. The third-order valence-electron chi connectivity index (χ3n) is 4.73. The number of carbonyl (C=O) groups is 3. The van der Waals surface area contributed by atoms with Gasteiger partial charge in [0.05, 0.1) is 31.1 Å². The van der Waals surface area contributed by atoms with E-state index in [1.165, 1.54) is 26.0 Å². The number of rotatable bonds is 8. The van der Waals surface area contributed by atoms with Crippen LogP contribution in [0.3, 0.4) is 0 Å². The van der Waals surface area contributed by atoms with Crippen LogP contribution in [0.25, 0.3) is 0 Å². The van der Waals surface area contributed by atoms with Crippen molar-refractivity contribution in [1.82, 2.24) is 10.9 Å². The first-order valence-corrected chi connectivity index (χ1v) is 11.2. The molecule has 0 aliphatic rings. The number of carbonyl (C=O) groups excluding carboxylic acids is 3. The van der Waals surface area contributed by atoms with Crippen molar-refractivity contribution in [1.29, 1.82) is 0 Å². The maximum Gasteiger partial charge on any atom is 0.273 e. The van der Waals surface area contributed by atoms with Gasteiger partial charge in [-0.25, -0.2) is 0 Å². The maximum atomic E-state index is 12.7. The van der Waals surface area contributed by atoms with Crippen LogP contribution in [0.5, 0.6) is 11.5 Å². The Kier molecular flexibility index (Phi) is 8.20. The number of hydrogen-bond donors (Lipinski definition) is 3. The fraction of sp³-hybridized carbons (Fsp3) is 0.208. The molecule has 0 spiro atoms. The number of furan rings is 1. The smallest absolute Gasteiger partial charge is 0.273 e. The summed E-state index contributed by atoms with van der Waals surface area (Å²) in [5, 5.41) is 2.79. The molecule has 1 aromatic heterocycles. The quantitative estimate of drug-likeness (QED) is 0.330. The second-order valence-corrected chi connectivity index (χ2v) is 8.16. The minimum absolute atomic E-state index is 0.0679. The van der Waals surface area contributed by atoms with E-state index in [1.54, 1.807) is 62.4 Å². The molecule has 3 N–H and O–H groups in total. The number of benzene rings is 2. The van der Waals surface area contributed by atoms with Gasteiger partial charge in [-0.15, -0.1) is 11.8 Å². The molecular formula is C24H25N3O6S. The molecule has 2 aromatic carbocycles. The number of ether oxygens (including phenoxy) is 2. The zero-order valence-corrected chi connectivity index (χ0v) is 20.0. The van der Waals surface area contributed by atoms with E-state index >= 15 is 0 Å². The summed E-state index contributed by atoms with van der Waals surface area (Å²) < 4.78 is 15.8. The van der Waals surface area contributed by atoms with Crippen molar-refractivity contribution in [3.63, 3.8) is 0 Å². The van der Waals surface area contributed by atoms with E-state index in [-0.39, 0.29) is 11.7 Å². The molecule has 3 amide bonds. The average Bonchev–Trinajstić information content (AvgIpc) is 3.18. The van der Waals surface area contributed by atoms with Gasteiger partial charge in [0.2, 0.25) is 5.91 Å². The second kappa shape index (κ2) is 11.3. The Hall–Kier alpha value is -3.92. The summed E-state index contributed by atoms with van der Waals surface area (Å²) in [6.07, 6.45) is 0. The summed E-state index contributed by atoms with van der Waals surface area (Å²) >= 11 is 1.20. The van der Waals surface area contributed by atoms with Gasteiger partial charge in [-0.05, 0) is 44.2 Å². The lowest BCUT2D eigenvalue weighted by Crippen LogP contribution is -2.41. The van der Waals surface area contributed by atoms with Gasteiger partial charge in [-0.2, -0.15) is 0 Å². The molecule has 0 unspecified atom stereocenters. The Morgan fingerprint density at radius 2 is 1.56 bits per heavy atom. The molecule has 0 aliphatic heterocycles. The first kappa shape index (κ1) is 24.7. The van der Waals surface area contributed by atoms with Gasteiger partial charge in [0.1, 0.15) is 11.5 Å². The topological polar surface area (TPSA) is 119 Å². The van der Waals surface area contributed by atoms with Gasteiger partial charge >= 0.3 is 0 Å². The first-order valence-electron chi connectivity index (χ1n) is 10.2. The number of amides is 3. The zero-order valence-electron chi connectivity index (χ0n) is 19.2. The lowest BCUT2D eigenvalue weighted by molar-refractivity contribution is -0.113. The van der Waals surface area contributed by atoms with E-state index in [1.807, 2.05) is 0 Å². The van der Waals surface area contributed by atoms with Crippen LogP contribution in [-0.2, 0) is 4.79 Å². The molecule has 3 rings (SSSR count). The van der Waals surface area contributed by atoms with Crippen molar-refractivity contribution in [3.05, 3.63) is 71.2 Å². The molecule has 0 bridgehead atoms. The van der Waals surface area contributed by atoms with Crippen molar-refractivity contribution in [2.45, 2.75) is 18.7 Å². The minimum atomic E-state index is -0.505. The predicted octanol–water partition coefficient (Wildman–Crippen LogP) is 3.72. The van der Waals surface area contributed by atoms with E-state index < -0.39 is 11.8 Å². The van der Waals surface area contributed by atoms with Gasteiger partial charge in [0.25, 0.3) is 11.8 Å². The van der Waals surface area contributed by atoms with Crippen LogP contribution in [0.2, 0.25) is 0 Å². The lowest BCUT2D eigenvalue weighted by Gasteiger charge is -2.12. The number of thioether (sulfide) groups is 1. The minimum Gasteiger partial charge on any atom is -0.493 e. The monoisotopic (exact) mass is 483 g/mol. The Morgan fingerprint density at radius 1 is 0.882 bits per heavy atom. The maximum absolute atomic E-state index is 12.7. The molecule has 34 heavy (non-hydrogen) atoms. The SMILES string of the molecule is COc1ccc(NC(=O)CSc2ccccc2C(=O)NNC(=O)c2cc(C)oc2C)cc1OC. The Bertz CT molecular complexity index is 1210. The number of methoxy groups -OCH3 is 2. The molecule has 178 valence electrons. The van der Waals surface area contributed by atoms with Crippen LogP contribution in [0.4, 0.5) is 5.69 Å². The molecule has 0 radical (unpaired) electrons. The van der Waals surface area contributed by atoms with Crippen molar-refractivity contribution in [3.8, 4) is 11.5 Å². The van der Waals surface area contributed by atoms with Crippen LogP contribution in [0.1, 0.15) is 32.2 Å². The molecule has 0 aliphatic carbocycles. The molecule has 0 saturated carbocycles. The highest BCUT2D eigenvalue weighted by Gasteiger charge is 2.17. The molecule has 0 fully saturated rings. The summed E-state index contributed by atoms with van der Waals surface area (Å²) in [6, 6.07) is 13.5. The van der Waals surface area contributed by atoms with Gasteiger partial charge in [0.15, 0.2) is 11.5 Å². The molecule has 1 heterocycles. The number of nitrogens with one attached hydrogen (secondary N) is 3. The summed E-state index contributed by atoms with van der Waals surface area (Å²) in [5.41, 5.74) is 6.02. The standard InChI is InChI=1S/C24H25N3O6S/c1-14-11-18(15(2)33-14)24(30)27-26-23(29)17-7-5-6-8-21(17)34-13-22(28)25-16-9-10-19(31-3)20(12-16)32-4/h5-12H,13H2,1-4H3,(H,25,28)(H,26,29)(H,27,30). The highest BCUT2D eigenvalue weighted by atomic mass is 32.2. The summed E-state index contributed by atoms with van der Waals surface area (Å²) in [4.78, 5) is 38.0. The summed E-state index contributed by atoms with van der Waals surface area (Å²) in [5.74, 6) is 0.933. The Balaban J connectivity index is 1.59. The zero-order chi connectivity index (χ0) is 24.7. The van der Waals surface area contributed by atoms with Gasteiger partial charge < -0.3 is 19.2 Å². The van der Waals surface area contributed by atoms with Crippen LogP contribution in [-0.4, -0.2) is 37.7 Å². The Morgan fingerprint density at radius 3 is 2.21 bits per heavy atom. The van der Waals surface area contributed by atoms with Crippen LogP contribution in [0.15, 0.2) is 57.8 Å². The molecule has 10 heteroatoms. The number of anilines is 1. The van der Waals surface area contributed by atoms with Crippen LogP contribution in [0, 0.1) is 13.8 Å². The largest absolute Gasteiger partial charge is 0.493 e. The Labute approximate surface area is 201 Å². The van der Waals surface area contributed by atoms with E-state index in [0.717, 1.165) is 0 Å². The molecule has 0 saturated heterocycles. The van der Waals surface area contributed by atoms with Crippen LogP contribution >= 0.6 is 11.8 Å². The van der Waals surface area contributed by atoms with Crippen molar-refractivity contribution in [2.24, 2.45) is 0 Å². The fourth-order valence-electron chi connectivity index (χ4n) is 3.14.